The third kappa shape index (κ3) is 1.46. The average molecular weight is 190 g/mol. The van der Waals surface area contributed by atoms with E-state index < -0.39 is 5.41 Å². The lowest BCUT2D eigenvalue weighted by molar-refractivity contribution is -0.132. The number of carbonyl (C=O) groups is 1. The van der Waals surface area contributed by atoms with Crippen LogP contribution in [0.4, 0.5) is 0 Å². The van der Waals surface area contributed by atoms with Gasteiger partial charge in [-0.15, -0.1) is 0 Å². The summed E-state index contributed by atoms with van der Waals surface area (Å²) in [6.07, 6.45) is 0.533. The van der Waals surface area contributed by atoms with Crippen LogP contribution in [0.1, 0.15) is 18.9 Å². The van der Waals surface area contributed by atoms with Gasteiger partial charge < -0.3 is 4.74 Å². The maximum absolute atomic E-state index is 11.8. The van der Waals surface area contributed by atoms with Crippen LogP contribution in [0.25, 0.3) is 0 Å². The molecule has 0 N–H and O–H groups in total. The zero-order valence-corrected chi connectivity index (χ0v) is 8.32. The first-order chi connectivity index (χ1) is 6.73. The van der Waals surface area contributed by atoms with Crippen molar-refractivity contribution < 1.29 is 9.53 Å². The van der Waals surface area contributed by atoms with Crippen molar-refractivity contribution in [1.82, 2.24) is 0 Å². The molecule has 1 aliphatic heterocycles. The number of hydrogen-bond acceptors (Lipinski definition) is 2. The van der Waals surface area contributed by atoms with Gasteiger partial charge >= 0.3 is 0 Å². The van der Waals surface area contributed by atoms with Crippen LogP contribution in [0.2, 0.25) is 0 Å². The normalized spacial score (nSPS) is 27.6. The van der Waals surface area contributed by atoms with Crippen LogP contribution in [0.15, 0.2) is 30.3 Å². The van der Waals surface area contributed by atoms with E-state index >= 15 is 0 Å². The van der Waals surface area contributed by atoms with Gasteiger partial charge in [0, 0.05) is 6.42 Å². The molecule has 0 radical (unpaired) electrons. The standard InChI is InChI=1S/C12H14O2/c1-12(9-14-8-7-11(12)13)10-5-3-2-4-6-10/h2-6H,7-9H2,1H3. The molecule has 1 fully saturated rings. The maximum Gasteiger partial charge on any atom is 0.147 e. The lowest BCUT2D eigenvalue weighted by Crippen LogP contribution is -2.41. The molecule has 74 valence electrons. The van der Waals surface area contributed by atoms with Gasteiger partial charge in [-0.2, -0.15) is 0 Å². The summed E-state index contributed by atoms with van der Waals surface area (Å²) in [6, 6.07) is 9.87. The van der Waals surface area contributed by atoms with Gasteiger partial charge in [0.15, 0.2) is 0 Å². The second kappa shape index (κ2) is 3.54. The molecule has 1 aromatic carbocycles. The summed E-state index contributed by atoms with van der Waals surface area (Å²) in [6.45, 7) is 3.04. The fourth-order valence-corrected chi connectivity index (χ4v) is 1.85. The molecule has 0 aromatic heterocycles. The molecule has 0 amide bonds. The highest BCUT2D eigenvalue weighted by Crippen LogP contribution is 2.29. The molecule has 0 spiro atoms. The SMILES string of the molecule is CC1(c2ccccc2)COCCC1=O. The van der Waals surface area contributed by atoms with Crippen LogP contribution < -0.4 is 0 Å². The van der Waals surface area contributed by atoms with Crippen LogP contribution in [-0.2, 0) is 14.9 Å². The minimum Gasteiger partial charge on any atom is -0.380 e. The molecule has 14 heavy (non-hydrogen) atoms. The van der Waals surface area contributed by atoms with Gasteiger partial charge in [-0.3, -0.25) is 4.79 Å². The van der Waals surface area contributed by atoms with E-state index in [1.165, 1.54) is 0 Å². The first kappa shape index (κ1) is 9.41. The third-order valence-electron chi connectivity index (χ3n) is 2.89. The van der Waals surface area contributed by atoms with Crippen LogP contribution in [0.3, 0.4) is 0 Å². The molecule has 0 aliphatic carbocycles. The molecule has 2 nitrogen and oxygen atoms in total. The van der Waals surface area contributed by atoms with Crippen LogP contribution in [0, 0.1) is 0 Å². The van der Waals surface area contributed by atoms with Crippen molar-refractivity contribution in [2.24, 2.45) is 0 Å². The highest BCUT2D eigenvalue weighted by atomic mass is 16.5. The smallest absolute Gasteiger partial charge is 0.147 e. The fraction of sp³-hybridized carbons (Fsp3) is 0.417. The molecular formula is C12H14O2. The van der Waals surface area contributed by atoms with Crippen molar-refractivity contribution in [1.29, 1.82) is 0 Å². The molecule has 2 rings (SSSR count). The molecule has 1 unspecified atom stereocenters. The van der Waals surface area contributed by atoms with E-state index in [4.69, 9.17) is 4.74 Å². The van der Waals surface area contributed by atoms with Crippen LogP contribution in [0.5, 0.6) is 0 Å². The van der Waals surface area contributed by atoms with Crippen molar-refractivity contribution in [3.63, 3.8) is 0 Å². The van der Waals surface area contributed by atoms with Crippen molar-refractivity contribution in [2.75, 3.05) is 13.2 Å². The summed E-state index contributed by atoms with van der Waals surface area (Å²) in [4.78, 5) is 11.8. The molecule has 2 heteroatoms. The second-order valence-corrected chi connectivity index (χ2v) is 3.92. The maximum atomic E-state index is 11.8. The molecule has 1 atom stereocenters. The molecule has 0 bridgehead atoms. The second-order valence-electron chi connectivity index (χ2n) is 3.92. The number of ether oxygens (including phenoxy) is 1. The number of hydrogen-bond donors (Lipinski definition) is 0. The predicted octanol–water partition coefficient (Wildman–Crippen LogP) is 1.93. The molecule has 1 saturated heterocycles. The lowest BCUT2D eigenvalue weighted by atomic mass is 9.77. The number of ketones is 1. The van der Waals surface area contributed by atoms with E-state index in [-0.39, 0.29) is 5.78 Å². The highest BCUT2D eigenvalue weighted by molar-refractivity contribution is 5.90. The third-order valence-corrected chi connectivity index (χ3v) is 2.89. The molecule has 1 aliphatic rings. The average Bonchev–Trinajstić information content (AvgIpc) is 2.24. The summed E-state index contributed by atoms with van der Waals surface area (Å²) >= 11 is 0. The quantitative estimate of drug-likeness (QED) is 0.676. The van der Waals surface area contributed by atoms with Crippen molar-refractivity contribution >= 4 is 5.78 Å². The summed E-state index contributed by atoms with van der Waals surface area (Å²) in [7, 11) is 0. The fourth-order valence-electron chi connectivity index (χ4n) is 1.85. The summed E-state index contributed by atoms with van der Waals surface area (Å²) in [5.41, 5.74) is 0.629. The largest absolute Gasteiger partial charge is 0.380 e. The van der Waals surface area contributed by atoms with Crippen LogP contribution in [-0.4, -0.2) is 19.0 Å². The minimum atomic E-state index is -0.431. The Bertz CT molecular complexity index is 331. The summed E-state index contributed by atoms with van der Waals surface area (Å²) in [5, 5.41) is 0. The Labute approximate surface area is 83.9 Å². The van der Waals surface area contributed by atoms with Crippen molar-refractivity contribution in [2.45, 2.75) is 18.8 Å². The highest BCUT2D eigenvalue weighted by Gasteiger charge is 2.37. The van der Waals surface area contributed by atoms with Gasteiger partial charge in [-0.25, -0.2) is 0 Å². The molecule has 1 heterocycles. The van der Waals surface area contributed by atoms with E-state index in [1.54, 1.807) is 0 Å². The van der Waals surface area contributed by atoms with Gasteiger partial charge in [-0.1, -0.05) is 30.3 Å². The van der Waals surface area contributed by atoms with E-state index in [0.29, 0.717) is 19.6 Å². The van der Waals surface area contributed by atoms with E-state index in [9.17, 15) is 4.79 Å². The van der Waals surface area contributed by atoms with Gasteiger partial charge in [0.2, 0.25) is 0 Å². The predicted molar refractivity (Wildman–Crippen MR) is 54.2 cm³/mol. The summed E-state index contributed by atoms with van der Waals surface area (Å²) < 4.78 is 5.39. The van der Waals surface area contributed by atoms with Gasteiger partial charge in [0.05, 0.1) is 18.6 Å². The number of benzene rings is 1. The number of rotatable bonds is 1. The zero-order chi connectivity index (χ0) is 10.0. The van der Waals surface area contributed by atoms with Gasteiger partial charge in [0.1, 0.15) is 5.78 Å². The summed E-state index contributed by atoms with van der Waals surface area (Å²) in [5.74, 6) is 0.287. The topological polar surface area (TPSA) is 26.3 Å². The van der Waals surface area contributed by atoms with Crippen LogP contribution >= 0.6 is 0 Å². The Morgan fingerprint density at radius 1 is 1.29 bits per heavy atom. The van der Waals surface area contributed by atoms with E-state index in [0.717, 1.165) is 5.56 Å². The van der Waals surface area contributed by atoms with E-state index in [1.807, 2.05) is 37.3 Å². The molecular weight excluding hydrogens is 176 g/mol. The first-order valence-electron chi connectivity index (χ1n) is 4.90. The van der Waals surface area contributed by atoms with E-state index in [2.05, 4.69) is 0 Å². The number of carbonyl (C=O) groups excluding carboxylic acids is 1. The first-order valence-corrected chi connectivity index (χ1v) is 4.90. The Hall–Kier alpha value is -1.15. The Morgan fingerprint density at radius 3 is 2.64 bits per heavy atom. The monoisotopic (exact) mass is 190 g/mol. The number of Topliss-reactive ketones (excluding diaryl/α,β-unsaturated/α-hetero) is 1. The minimum absolute atomic E-state index is 0.287. The van der Waals surface area contributed by atoms with Gasteiger partial charge in [-0.05, 0) is 12.5 Å². The molecule has 0 saturated carbocycles. The van der Waals surface area contributed by atoms with Crippen molar-refractivity contribution in [3.8, 4) is 0 Å². The molecule has 1 aromatic rings. The Kier molecular flexibility index (Phi) is 2.38. The van der Waals surface area contributed by atoms with Gasteiger partial charge in [0.25, 0.3) is 0 Å². The zero-order valence-electron chi connectivity index (χ0n) is 8.32. The Morgan fingerprint density at radius 2 is 2.00 bits per heavy atom. The lowest BCUT2D eigenvalue weighted by Gasteiger charge is -2.32. The Balaban J connectivity index is 2.35. The van der Waals surface area contributed by atoms with Crippen molar-refractivity contribution in [3.05, 3.63) is 35.9 Å².